The van der Waals surface area contributed by atoms with Crippen molar-refractivity contribution in [1.82, 2.24) is 9.88 Å². The third-order valence-corrected chi connectivity index (χ3v) is 7.32. The second kappa shape index (κ2) is 12.7. The third kappa shape index (κ3) is 5.88. The number of aromatic nitrogens is 1. The van der Waals surface area contributed by atoms with Gasteiger partial charge in [-0.2, -0.15) is 0 Å². The number of hydrogen-bond acceptors (Lipinski definition) is 8. The number of nitrogens with zero attached hydrogens (tertiary/aromatic N) is 2. The van der Waals surface area contributed by atoms with Gasteiger partial charge in [0.05, 0.1) is 32.9 Å². The van der Waals surface area contributed by atoms with Crippen LogP contribution in [0.4, 0.5) is 0 Å². The minimum absolute atomic E-state index is 0.0517. The van der Waals surface area contributed by atoms with Gasteiger partial charge in [0.1, 0.15) is 18.1 Å². The molecule has 0 aliphatic carbocycles. The Hall–Kier alpha value is -5.31. The van der Waals surface area contributed by atoms with Gasteiger partial charge < -0.3 is 29.0 Å². The number of methoxy groups -OCH3 is 3. The highest BCUT2D eigenvalue weighted by atomic mass is 16.5. The topological polar surface area (TPSA) is 107 Å². The molecule has 1 amide bonds. The van der Waals surface area contributed by atoms with E-state index >= 15 is 0 Å². The summed E-state index contributed by atoms with van der Waals surface area (Å²) in [5.74, 6) is -0.178. The van der Waals surface area contributed by atoms with Crippen molar-refractivity contribution >= 4 is 17.4 Å². The Labute approximate surface area is 249 Å². The summed E-state index contributed by atoms with van der Waals surface area (Å²) >= 11 is 0. The van der Waals surface area contributed by atoms with Gasteiger partial charge in [-0.25, -0.2) is 0 Å². The number of hydrogen-bond donors (Lipinski definition) is 1. The van der Waals surface area contributed by atoms with Gasteiger partial charge in [-0.05, 0) is 65.6 Å². The quantitative estimate of drug-likeness (QED) is 0.146. The van der Waals surface area contributed by atoms with Crippen molar-refractivity contribution in [2.45, 2.75) is 26.1 Å². The molecule has 220 valence electrons. The third-order valence-electron chi connectivity index (χ3n) is 7.32. The maximum atomic E-state index is 13.6. The Morgan fingerprint density at radius 2 is 1.58 bits per heavy atom. The van der Waals surface area contributed by atoms with E-state index in [1.807, 2.05) is 43.3 Å². The molecule has 5 rings (SSSR count). The number of benzene rings is 3. The molecule has 1 saturated heterocycles. The molecule has 1 fully saturated rings. The molecule has 9 nitrogen and oxygen atoms in total. The molecule has 1 atom stereocenters. The van der Waals surface area contributed by atoms with Crippen LogP contribution in [0.1, 0.15) is 33.9 Å². The molecule has 1 aliphatic rings. The fraction of sp³-hybridized carbons (Fsp3) is 0.206. The van der Waals surface area contributed by atoms with Crippen molar-refractivity contribution in [1.29, 1.82) is 0 Å². The average Bonchev–Trinajstić information content (AvgIpc) is 3.28. The molecular weight excluding hydrogens is 548 g/mol. The zero-order valence-corrected chi connectivity index (χ0v) is 24.4. The lowest BCUT2D eigenvalue weighted by Crippen LogP contribution is -2.29. The Balaban J connectivity index is 1.60. The molecule has 0 spiro atoms. The zero-order chi connectivity index (χ0) is 30.5. The second-order valence-corrected chi connectivity index (χ2v) is 10.00. The number of aliphatic hydroxyl groups is 1. The molecule has 1 aliphatic heterocycles. The molecular formula is C34H32N2O7. The van der Waals surface area contributed by atoms with Crippen LogP contribution in [0.2, 0.25) is 0 Å². The number of carbonyl (C=O) groups is 2. The van der Waals surface area contributed by atoms with E-state index in [0.29, 0.717) is 46.3 Å². The molecule has 3 aromatic carbocycles. The number of carbonyl (C=O) groups excluding carboxylic acids is 2. The van der Waals surface area contributed by atoms with Crippen molar-refractivity contribution in [2.24, 2.45) is 0 Å². The van der Waals surface area contributed by atoms with E-state index in [1.165, 1.54) is 26.2 Å². The van der Waals surface area contributed by atoms with Gasteiger partial charge in [0.2, 0.25) is 5.75 Å². The van der Waals surface area contributed by atoms with Crippen LogP contribution < -0.4 is 18.9 Å². The number of ether oxygens (including phenoxy) is 4. The lowest BCUT2D eigenvalue weighted by atomic mass is 9.93. The second-order valence-electron chi connectivity index (χ2n) is 10.00. The van der Waals surface area contributed by atoms with E-state index in [-0.39, 0.29) is 17.9 Å². The molecule has 4 aromatic rings. The van der Waals surface area contributed by atoms with Crippen molar-refractivity contribution in [3.05, 3.63) is 119 Å². The van der Waals surface area contributed by atoms with E-state index in [9.17, 15) is 14.7 Å². The molecule has 0 bridgehead atoms. The first-order valence-corrected chi connectivity index (χ1v) is 13.6. The molecule has 1 N–H and O–H groups in total. The summed E-state index contributed by atoms with van der Waals surface area (Å²) in [6.07, 6.45) is 3.26. The summed E-state index contributed by atoms with van der Waals surface area (Å²) in [7, 11) is 4.46. The van der Waals surface area contributed by atoms with Crippen molar-refractivity contribution in [2.75, 3.05) is 21.3 Å². The number of ketones is 1. The van der Waals surface area contributed by atoms with Gasteiger partial charge in [-0.3, -0.25) is 14.6 Å². The smallest absolute Gasteiger partial charge is 0.295 e. The normalized spacial score (nSPS) is 15.8. The minimum atomic E-state index is -0.956. The SMILES string of the molecule is COc1cc([C@H]2/C(=C(\O)c3ccc(OCc4ccccc4)cc3C)C(=O)C(=O)N2Cc2cccnc2)cc(OC)c1OC. The predicted molar refractivity (Wildman–Crippen MR) is 160 cm³/mol. The molecule has 0 radical (unpaired) electrons. The molecule has 1 aromatic heterocycles. The van der Waals surface area contributed by atoms with Crippen LogP contribution in [0.5, 0.6) is 23.0 Å². The van der Waals surface area contributed by atoms with Crippen LogP contribution in [-0.2, 0) is 22.7 Å². The van der Waals surface area contributed by atoms with Crippen molar-refractivity contribution < 1.29 is 33.6 Å². The van der Waals surface area contributed by atoms with Gasteiger partial charge in [0, 0.05) is 24.5 Å². The Morgan fingerprint density at radius 1 is 0.884 bits per heavy atom. The Kier molecular flexibility index (Phi) is 8.61. The number of likely N-dealkylation sites (tertiary alicyclic amines) is 1. The van der Waals surface area contributed by atoms with E-state index in [4.69, 9.17) is 18.9 Å². The van der Waals surface area contributed by atoms with Crippen LogP contribution in [0.3, 0.4) is 0 Å². The molecule has 0 unspecified atom stereocenters. The average molecular weight is 581 g/mol. The number of aryl methyl sites for hydroxylation is 1. The standard InChI is InChI=1S/C34H32N2O7/c1-21-15-25(43-20-22-9-6-5-7-10-22)12-13-26(21)31(37)29-30(24-16-27(40-2)33(42-4)28(17-24)41-3)36(34(39)32(29)38)19-23-11-8-14-35-18-23/h5-18,30,37H,19-20H2,1-4H3/b31-29+/t30-/m0/s1. The van der Waals surface area contributed by atoms with Crippen molar-refractivity contribution in [3.8, 4) is 23.0 Å². The zero-order valence-electron chi connectivity index (χ0n) is 24.4. The van der Waals surface area contributed by atoms with Crippen LogP contribution in [0.15, 0.2) is 90.8 Å². The predicted octanol–water partition coefficient (Wildman–Crippen LogP) is 5.62. The maximum absolute atomic E-state index is 13.6. The lowest BCUT2D eigenvalue weighted by molar-refractivity contribution is -0.140. The first-order valence-electron chi connectivity index (χ1n) is 13.6. The van der Waals surface area contributed by atoms with E-state index in [2.05, 4.69) is 4.98 Å². The first kappa shape index (κ1) is 29.2. The molecule has 9 heteroatoms. The summed E-state index contributed by atoms with van der Waals surface area (Å²) in [6, 6.07) is 20.9. The van der Waals surface area contributed by atoms with Crippen LogP contribution in [0, 0.1) is 6.92 Å². The van der Waals surface area contributed by atoms with Gasteiger partial charge >= 0.3 is 0 Å². The summed E-state index contributed by atoms with van der Waals surface area (Å²) in [4.78, 5) is 32.7. The number of amides is 1. The molecule has 43 heavy (non-hydrogen) atoms. The largest absolute Gasteiger partial charge is 0.507 e. The first-order chi connectivity index (χ1) is 20.9. The number of Topliss-reactive ketones (excluding diaryl/α,β-unsaturated/α-hetero) is 1. The van der Waals surface area contributed by atoms with Gasteiger partial charge in [-0.1, -0.05) is 36.4 Å². The van der Waals surface area contributed by atoms with Crippen LogP contribution in [0.25, 0.3) is 5.76 Å². The van der Waals surface area contributed by atoms with Crippen molar-refractivity contribution in [3.63, 3.8) is 0 Å². The van der Waals surface area contributed by atoms with E-state index < -0.39 is 17.7 Å². The highest BCUT2D eigenvalue weighted by molar-refractivity contribution is 6.46. The Bertz CT molecular complexity index is 1640. The highest BCUT2D eigenvalue weighted by Gasteiger charge is 2.46. The summed E-state index contributed by atoms with van der Waals surface area (Å²) in [5, 5.41) is 11.7. The van der Waals surface area contributed by atoms with Gasteiger partial charge in [0.15, 0.2) is 11.5 Å². The Morgan fingerprint density at radius 3 is 2.19 bits per heavy atom. The van der Waals surface area contributed by atoms with Gasteiger partial charge in [0.25, 0.3) is 11.7 Å². The summed E-state index contributed by atoms with van der Waals surface area (Å²) < 4.78 is 22.5. The maximum Gasteiger partial charge on any atom is 0.295 e. The summed E-state index contributed by atoms with van der Waals surface area (Å²) in [6.45, 7) is 2.28. The monoisotopic (exact) mass is 580 g/mol. The number of rotatable bonds is 10. The highest BCUT2D eigenvalue weighted by Crippen LogP contribution is 2.46. The number of aliphatic hydroxyl groups excluding tert-OH is 1. The van der Waals surface area contributed by atoms with Crippen LogP contribution in [-0.4, -0.2) is 48.0 Å². The fourth-order valence-corrected chi connectivity index (χ4v) is 5.21. The van der Waals surface area contributed by atoms with E-state index in [1.54, 1.807) is 48.8 Å². The van der Waals surface area contributed by atoms with Crippen LogP contribution >= 0.6 is 0 Å². The van der Waals surface area contributed by atoms with E-state index in [0.717, 1.165) is 11.1 Å². The lowest BCUT2D eigenvalue weighted by Gasteiger charge is -2.26. The number of pyridine rings is 1. The molecule has 0 saturated carbocycles. The summed E-state index contributed by atoms with van der Waals surface area (Å²) in [5.41, 5.74) is 3.27. The van der Waals surface area contributed by atoms with Gasteiger partial charge in [-0.15, -0.1) is 0 Å². The fourth-order valence-electron chi connectivity index (χ4n) is 5.21. The minimum Gasteiger partial charge on any atom is -0.507 e. The molecule has 2 heterocycles.